The van der Waals surface area contributed by atoms with Crippen LogP contribution in [-0.4, -0.2) is 28.8 Å². The molecule has 1 aromatic heterocycles. The zero-order chi connectivity index (χ0) is 17.5. The predicted octanol–water partition coefficient (Wildman–Crippen LogP) is 2.86. The molecule has 1 amide bonds. The molecule has 1 aromatic carbocycles. The maximum absolute atomic E-state index is 11.9. The lowest BCUT2D eigenvalue weighted by Crippen LogP contribution is -2.26. The van der Waals surface area contributed by atoms with E-state index in [1.165, 1.54) is 5.56 Å². The molecule has 0 spiro atoms. The van der Waals surface area contributed by atoms with E-state index >= 15 is 0 Å². The minimum atomic E-state index is 0.0718. The number of benzene rings is 1. The fourth-order valence-electron chi connectivity index (χ4n) is 2.73. The molecule has 0 aliphatic carbocycles. The Morgan fingerprint density at radius 2 is 2.00 bits per heavy atom. The van der Waals surface area contributed by atoms with Crippen molar-refractivity contribution in [1.29, 1.82) is 0 Å². The summed E-state index contributed by atoms with van der Waals surface area (Å²) < 4.78 is 7.59. The average Bonchev–Trinajstić information content (AvgIpc) is 2.79. The largest absolute Gasteiger partial charge is 0.493 e. The molecule has 0 radical (unpaired) electrons. The smallest absolute Gasteiger partial charge is 0.220 e. The first kappa shape index (κ1) is 18.0. The summed E-state index contributed by atoms with van der Waals surface area (Å²) in [6.45, 7) is 7.28. The molecule has 0 bridgehead atoms. The van der Waals surface area contributed by atoms with Gasteiger partial charge in [-0.15, -0.1) is 0 Å². The summed E-state index contributed by atoms with van der Waals surface area (Å²) in [5, 5.41) is 7.37. The number of aromatic nitrogens is 2. The van der Waals surface area contributed by atoms with Crippen molar-refractivity contribution in [3.8, 4) is 5.75 Å². The second-order valence-electron chi connectivity index (χ2n) is 6.09. The molecule has 5 heteroatoms. The van der Waals surface area contributed by atoms with Crippen LogP contribution in [0, 0.1) is 20.8 Å². The van der Waals surface area contributed by atoms with Crippen LogP contribution in [0.15, 0.2) is 24.3 Å². The molecule has 0 aliphatic rings. The zero-order valence-electron chi connectivity index (χ0n) is 15.1. The SMILES string of the molecule is Cc1ccccc1OCCCC(=O)NCCc1c(C)nn(C)c1C. The Morgan fingerprint density at radius 3 is 2.67 bits per heavy atom. The number of aryl methyl sites for hydroxylation is 3. The third-order valence-electron chi connectivity index (χ3n) is 4.26. The van der Waals surface area contributed by atoms with Gasteiger partial charge in [0.15, 0.2) is 0 Å². The third-order valence-corrected chi connectivity index (χ3v) is 4.26. The molecule has 0 fully saturated rings. The molecule has 0 aliphatic heterocycles. The minimum absolute atomic E-state index is 0.0718. The molecule has 0 unspecified atom stereocenters. The van der Waals surface area contributed by atoms with Crippen molar-refractivity contribution in [2.45, 2.75) is 40.0 Å². The van der Waals surface area contributed by atoms with E-state index in [1.807, 2.05) is 49.8 Å². The topological polar surface area (TPSA) is 56.1 Å². The Morgan fingerprint density at radius 1 is 1.25 bits per heavy atom. The Hall–Kier alpha value is -2.30. The van der Waals surface area contributed by atoms with E-state index in [4.69, 9.17) is 4.74 Å². The Labute approximate surface area is 144 Å². The van der Waals surface area contributed by atoms with Crippen molar-refractivity contribution in [3.63, 3.8) is 0 Å². The van der Waals surface area contributed by atoms with Crippen molar-refractivity contribution in [1.82, 2.24) is 15.1 Å². The van der Waals surface area contributed by atoms with Gasteiger partial charge in [0.25, 0.3) is 0 Å². The number of rotatable bonds is 8. The number of hydrogen-bond acceptors (Lipinski definition) is 3. The highest BCUT2D eigenvalue weighted by Crippen LogP contribution is 2.16. The number of para-hydroxylation sites is 1. The van der Waals surface area contributed by atoms with Crippen molar-refractivity contribution < 1.29 is 9.53 Å². The number of carbonyl (C=O) groups is 1. The summed E-state index contributed by atoms with van der Waals surface area (Å²) in [5.41, 5.74) is 4.54. The lowest BCUT2D eigenvalue weighted by molar-refractivity contribution is -0.121. The molecule has 2 aromatic rings. The van der Waals surface area contributed by atoms with Crippen LogP contribution in [0.1, 0.15) is 35.4 Å². The lowest BCUT2D eigenvalue weighted by atomic mass is 10.1. The maximum atomic E-state index is 11.9. The van der Waals surface area contributed by atoms with Gasteiger partial charge in [0.1, 0.15) is 5.75 Å². The van der Waals surface area contributed by atoms with Gasteiger partial charge in [-0.2, -0.15) is 5.10 Å². The fourth-order valence-corrected chi connectivity index (χ4v) is 2.73. The standard InChI is InChI=1S/C19H27N3O2/c1-14-8-5-6-9-18(14)24-13-7-10-19(23)20-12-11-17-15(2)21-22(4)16(17)3/h5-6,8-9H,7,10-13H2,1-4H3,(H,20,23). The van der Waals surface area contributed by atoms with Gasteiger partial charge >= 0.3 is 0 Å². The van der Waals surface area contributed by atoms with Crippen LogP contribution in [0.2, 0.25) is 0 Å². The summed E-state index contributed by atoms with van der Waals surface area (Å²) >= 11 is 0. The second-order valence-corrected chi connectivity index (χ2v) is 6.09. The normalized spacial score (nSPS) is 10.7. The highest BCUT2D eigenvalue weighted by molar-refractivity contribution is 5.75. The number of nitrogens with zero attached hydrogens (tertiary/aromatic N) is 2. The molecule has 5 nitrogen and oxygen atoms in total. The summed E-state index contributed by atoms with van der Waals surface area (Å²) in [6, 6.07) is 7.91. The van der Waals surface area contributed by atoms with Gasteiger partial charge in [0.2, 0.25) is 5.91 Å². The van der Waals surface area contributed by atoms with E-state index in [1.54, 1.807) is 0 Å². The van der Waals surface area contributed by atoms with Crippen molar-refractivity contribution in [2.24, 2.45) is 7.05 Å². The highest BCUT2D eigenvalue weighted by atomic mass is 16.5. The molecular formula is C19H27N3O2. The molecular weight excluding hydrogens is 302 g/mol. The molecule has 130 valence electrons. The van der Waals surface area contributed by atoms with Crippen LogP contribution >= 0.6 is 0 Å². The summed E-state index contributed by atoms with van der Waals surface area (Å²) in [4.78, 5) is 11.9. The van der Waals surface area contributed by atoms with Crippen LogP contribution in [0.3, 0.4) is 0 Å². The predicted molar refractivity (Wildman–Crippen MR) is 95.3 cm³/mol. The molecule has 0 atom stereocenters. The lowest BCUT2D eigenvalue weighted by Gasteiger charge is -2.09. The number of nitrogens with one attached hydrogen (secondary N) is 1. The van der Waals surface area contributed by atoms with Crippen LogP contribution in [0.25, 0.3) is 0 Å². The van der Waals surface area contributed by atoms with E-state index in [0.29, 0.717) is 26.0 Å². The number of carbonyl (C=O) groups excluding carboxylic acids is 1. The third kappa shape index (κ3) is 4.85. The minimum Gasteiger partial charge on any atom is -0.493 e. The van der Waals surface area contributed by atoms with E-state index in [-0.39, 0.29) is 5.91 Å². The van der Waals surface area contributed by atoms with E-state index in [0.717, 1.165) is 29.1 Å². The van der Waals surface area contributed by atoms with Crippen LogP contribution < -0.4 is 10.1 Å². The van der Waals surface area contributed by atoms with Gasteiger partial charge < -0.3 is 10.1 Å². The van der Waals surface area contributed by atoms with Crippen molar-refractivity contribution in [2.75, 3.05) is 13.2 Å². The molecule has 1 N–H and O–H groups in total. The van der Waals surface area contributed by atoms with Crippen LogP contribution in [0.4, 0.5) is 0 Å². The van der Waals surface area contributed by atoms with E-state index in [2.05, 4.69) is 17.3 Å². The first-order valence-electron chi connectivity index (χ1n) is 8.43. The first-order valence-corrected chi connectivity index (χ1v) is 8.43. The first-order chi connectivity index (χ1) is 11.5. The van der Waals surface area contributed by atoms with Gasteiger partial charge in [-0.1, -0.05) is 18.2 Å². The quantitative estimate of drug-likeness (QED) is 0.758. The number of hydrogen-bond donors (Lipinski definition) is 1. The Balaban J connectivity index is 1.64. The van der Waals surface area contributed by atoms with Gasteiger partial charge in [-0.05, 0) is 50.8 Å². The molecule has 0 saturated carbocycles. The average molecular weight is 329 g/mol. The second kappa shape index (κ2) is 8.52. The Bertz CT molecular complexity index is 692. The van der Waals surface area contributed by atoms with Crippen molar-refractivity contribution in [3.05, 3.63) is 46.8 Å². The molecule has 2 rings (SSSR count). The molecule has 24 heavy (non-hydrogen) atoms. The zero-order valence-corrected chi connectivity index (χ0v) is 15.1. The van der Waals surface area contributed by atoms with Gasteiger partial charge in [0.05, 0.1) is 12.3 Å². The van der Waals surface area contributed by atoms with Crippen molar-refractivity contribution >= 4 is 5.91 Å². The fraction of sp³-hybridized carbons (Fsp3) is 0.474. The van der Waals surface area contributed by atoms with Crippen LogP contribution in [-0.2, 0) is 18.3 Å². The number of ether oxygens (including phenoxy) is 1. The number of amides is 1. The summed E-state index contributed by atoms with van der Waals surface area (Å²) in [7, 11) is 1.94. The van der Waals surface area contributed by atoms with Crippen LogP contribution in [0.5, 0.6) is 5.75 Å². The van der Waals surface area contributed by atoms with Gasteiger partial charge in [-0.3, -0.25) is 9.48 Å². The van der Waals surface area contributed by atoms with E-state index < -0.39 is 0 Å². The van der Waals surface area contributed by atoms with E-state index in [9.17, 15) is 4.79 Å². The van der Waals surface area contributed by atoms with Gasteiger partial charge in [-0.25, -0.2) is 0 Å². The van der Waals surface area contributed by atoms with Gasteiger partial charge in [0, 0.05) is 25.7 Å². The maximum Gasteiger partial charge on any atom is 0.220 e. The summed E-state index contributed by atoms with van der Waals surface area (Å²) in [5.74, 6) is 0.961. The monoisotopic (exact) mass is 329 g/mol. The Kier molecular flexibility index (Phi) is 6.41. The molecule has 1 heterocycles. The molecule has 0 saturated heterocycles. The highest BCUT2D eigenvalue weighted by Gasteiger charge is 2.09. The summed E-state index contributed by atoms with van der Waals surface area (Å²) in [6.07, 6.45) is 2.01.